The van der Waals surface area contributed by atoms with Crippen molar-refractivity contribution in [1.82, 2.24) is 10.6 Å². The number of halogens is 1. The van der Waals surface area contributed by atoms with E-state index in [9.17, 15) is 9.59 Å². The molecule has 0 saturated carbocycles. The predicted octanol–water partition coefficient (Wildman–Crippen LogP) is 1.24. The van der Waals surface area contributed by atoms with E-state index in [1.807, 2.05) is 6.07 Å². The number of piperazine rings is 1. The topological polar surface area (TPSA) is 58.2 Å². The molecule has 5 heteroatoms. The highest BCUT2D eigenvalue weighted by Gasteiger charge is 2.15. The zero-order valence-corrected chi connectivity index (χ0v) is 10.6. The number of allylic oxidation sites excluding steroid dienone is 1. The van der Waals surface area contributed by atoms with Gasteiger partial charge >= 0.3 is 0 Å². The summed E-state index contributed by atoms with van der Waals surface area (Å²) in [6.07, 6.45) is 1.33. The Morgan fingerprint density at radius 1 is 1.29 bits per heavy atom. The molecule has 1 aromatic rings. The predicted molar refractivity (Wildman–Crippen MR) is 67.6 cm³/mol. The van der Waals surface area contributed by atoms with Crippen LogP contribution in [0.25, 0.3) is 0 Å². The average molecular weight is 295 g/mol. The Labute approximate surface area is 107 Å². The zero-order valence-electron chi connectivity index (χ0n) is 9.00. The molecule has 1 fully saturated rings. The van der Waals surface area contributed by atoms with Crippen LogP contribution in [0.1, 0.15) is 10.4 Å². The van der Waals surface area contributed by atoms with Gasteiger partial charge in [-0.05, 0) is 12.1 Å². The average Bonchev–Trinajstić information content (AvgIpc) is 2.32. The van der Waals surface area contributed by atoms with E-state index in [1.165, 1.54) is 6.08 Å². The Hall–Kier alpha value is -1.62. The highest BCUT2D eigenvalue weighted by atomic mass is 79.9. The van der Waals surface area contributed by atoms with Crippen molar-refractivity contribution in [3.05, 3.63) is 46.1 Å². The Morgan fingerprint density at radius 3 is 2.76 bits per heavy atom. The van der Waals surface area contributed by atoms with E-state index in [-0.39, 0.29) is 11.7 Å². The first-order chi connectivity index (χ1) is 8.16. The molecule has 2 N–H and O–H groups in total. The summed E-state index contributed by atoms with van der Waals surface area (Å²) in [4.78, 5) is 23.3. The van der Waals surface area contributed by atoms with Crippen LogP contribution in [0.15, 0.2) is 40.5 Å². The number of hydrogen-bond donors (Lipinski definition) is 2. The summed E-state index contributed by atoms with van der Waals surface area (Å²) in [5.41, 5.74) is 0.869. The van der Waals surface area contributed by atoms with Crippen molar-refractivity contribution in [2.75, 3.05) is 13.1 Å². The van der Waals surface area contributed by atoms with Crippen molar-refractivity contribution in [1.29, 1.82) is 0 Å². The maximum Gasteiger partial charge on any atom is 0.267 e. The van der Waals surface area contributed by atoms with Gasteiger partial charge in [-0.1, -0.05) is 28.1 Å². The Balaban J connectivity index is 2.21. The van der Waals surface area contributed by atoms with E-state index in [4.69, 9.17) is 0 Å². The number of benzene rings is 1. The molecule has 1 aromatic carbocycles. The van der Waals surface area contributed by atoms with Crippen LogP contribution in [-0.2, 0) is 4.79 Å². The van der Waals surface area contributed by atoms with Crippen molar-refractivity contribution in [2.24, 2.45) is 0 Å². The molecule has 1 saturated heterocycles. The van der Waals surface area contributed by atoms with E-state index in [0.717, 1.165) is 4.47 Å². The lowest BCUT2D eigenvalue weighted by molar-refractivity contribution is -0.118. The van der Waals surface area contributed by atoms with Gasteiger partial charge in [0.1, 0.15) is 5.70 Å². The largest absolute Gasteiger partial charge is 0.379 e. The van der Waals surface area contributed by atoms with E-state index in [2.05, 4.69) is 26.6 Å². The monoisotopic (exact) mass is 294 g/mol. The molecule has 4 nitrogen and oxygen atoms in total. The van der Waals surface area contributed by atoms with Crippen molar-refractivity contribution in [3.63, 3.8) is 0 Å². The van der Waals surface area contributed by atoms with Crippen LogP contribution in [-0.4, -0.2) is 24.8 Å². The minimum Gasteiger partial charge on any atom is -0.379 e. The SMILES string of the molecule is O=C1NCCN/C1=C\C(=O)c1cccc(Br)c1. The highest BCUT2D eigenvalue weighted by Crippen LogP contribution is 2.13. The quantitative estimate of drug-likeness (QED) is 0.637. The standard InChI is InChI=1S/C12H11BrN2O2/c13-9-3-1-2-8(6-9)11(16)7-10-12(17)15-5-4-14-10/h1-3,6-7,14H,4-5H2,(H,15,17)/b10-7-. The summed E-state index contributed by atoms with van der Waals surface area (Å²) in [5, 5.41) is 5.57. The molecule has 0 aliphatic carbocycles. The fourth-order valence-corrected chi connectivity index (χ4v) is 1.92. The van der Waals surface area contributed by atoms with Gasteiger partial charge in [0.05, 0.1) is 0 Å². The third-order valence-electron chi connectivity index (χ3n) is 2.36. The minimum atomic E-state index is -0.236. The highest BCUT2D eigenvalue weighted by molar-refractivity contribution is 9.10. The summed E-state index contributed by atoms with van der Waals surface area (Å²) < 4.78 is 0.836. The van der Waals surface area contributed by atoms with Crippen LogP contribution in [0.3, 0.4) is 0 Å². The van der Waals surface area contributed by atoms with Gasteiger partial charge in [0.25, 0.3) is 5.91 Å². The van der Waals surface area contributed by atoms with Gasteiger partial charge in [-0.15, -0.1) is 0 Å². The summed E-state index contributed by atoms with van der Waals surface area (Å²) in [6.45, 7) is 1.23. The van der Waals surface area contributed by atoms with Crippen molar-refractivity contribution in [2.45, 2.75) is 0 Å². The summed E-state index contributed by atoms with van der Waals surface area (Å²) >= 11 is 3.30. The normalized spacial score (nSPS) is 17.5. The Morgan fingerprint density at radius 2 is 2.06 bits per heavy atom. The third-order valence-corrected chi connectivity index (χ3v) is 2.85. The van der Waals surface area contributed by atoms with Crippen molar-refractivity contribution in [3.8, 4) is 0 Å². The fraction of sp³-hybridized carbons (Fsp3) is 0.167. The van der Waals surface area contributed by atoms with Crippen molar-refractivity contribution >= 4 is 27.6 Å². The molecule has 1 aliphatic rings. The first kappa shape index (κ1) is 11.9. The fourth-order valence-electron chi connectivity index (χ4n) is 1.52. The maximum absolute atomic E-state index is 11.9. The van der Waals surface area contributed by atoms with Gasteiger partial charge in [-0.25, -0.2) is 0 Å². The van der Waals surface area contributed by atoms with Crippen LogP contribution >= 0.6 is 15.9 Å². The molecule has 1 amide bonds. The number of ketones is 1. The minimum absolute atomic E-state index is 0.189. The summed E-state index contributed by atoms with van der Waals surface area (Å²) in [7, 11) is 0. The van der Waals surface area contributed by atoms with Gasteiger partial charge in [0.2, 0.25) is 0 Å². The molecule has 0 spiro atoms. The first-order valence-electron chi connectivity index (χ1n) is 5.20. The number of amides is 1. The lowest BCUT2D eigenvalue weighted by atomic mass is 10.1. The molecule has 1 heterocycles. The maximum atomic E-state index is 11.9. The van der Waals surface area contributed by atoms with Gasteiger partial charge in [-0.2, -0.15) is 0 Å². The molecule has 88 valence electrons. The van der Waals surface area contributed by atoms with E-state index < -0.39 is 0 Å². The second-order valence-electron chi connectivity index (χ2n) is 3.62. The number of hydrogen-bond acceptors (Lipinski definition) is 3. The number of nitrogens with one attached hydrogen (secondary N) is 2. The lowest BCUT2D eigenvalue weighted by Gasteiger charge is -2.16. The van der Waals surface area contributed by atoms with Crippen LogP contribution in [0, 0.1) is 0 Å². The summed E-state index contributed by atoms with van der Waals surface area (Å²) in [6, 6.07) is 7.06. The molecule has 0 aromatic heterocycles. The number of carbonyl (C=O) groups excluding carboxylic acids is 2. The summed E-state index contributed by atoms with van der Waals surface area (Å²) in [5.74, 6) is -0.426. The smallest absolute Gasteiger partial charge is 0.267 e. The molecule has 2 rings (SSSR count). The van der Waals surface area contributed by atoms with Crippen LogP contribution in [0.4, 0.5) is 0 Å². The lowest BCUT2D eigenvalue weighted by Crippen LogP contribution is -2.43. The van der Waals surface area contributed by atoms with Gasteiger partial charge in [-0.3, -0.25) is 9.59 Å². The van der Waals surface area contributed by atoms with Gasteiger partial charge < -0.3 is 10.6 Å². The molecule has 17 heavy (non-hydrogen) atoms. The number of carbonyl (C=O) groups is 2. The zero-order chi connectivity index (χ0) is 12.3. The van der Waals surface area contributed by atoms with Gasteiger partial charge in [0, 0.05) is 29.2 Å². The molecule has 0 unspecified atom stereocenters. The van der Waals surface area contributed by atoms with E-state index in [1.54, 1.807) is 18.2 Å². The van der Waals surface area contributed by atoms with Crippen molar-refractivity contribution < 1.29 is 9.59 Å². The molecular formula is C12H11BrN2O2. The molecular weight excluding hydrogens is 284 g/mol. The number of rotatable bonds is 2. The van der Waals surface area contributed by atoms with Crippen LogP contribution < -0.4 is 10.6 Å². The Bertz CT molecular complexity index is 497. The Kier molecular flexibility index (Phi) is 3.58. The third kappa shape index (κ3) is 2.94. The first-order valence-corrected chi connectivity index (χ1v) is 6.00. The molecule has 0 atom stereocenters. The molecule has 0 bridgehead atoms. The second kappa shape index (κ2) is 5.14. The van der Waals surface area contributed by atoms with E-state index >= 15 is 0 Å². The molecule has 0 radical (unpaired) electrons. The van der Waals surface area contributed by atoms with E-state index in [0.29, 0.717) is 24.4 Å². The molecule has 1 aliphatic heterocycles. The van der Waals surface area contributed by atoms with Gasteiger partial charge in [0.15, 0.2) is 5.78 Å². The van der Waals surface area contributed by atoms with Crippen LogP contribution in [0.2, 0.25) is 0 Å². The second-order valence-corrected chi connectivity index (χ2v) is 4.53. The van der Waals surface area contributed by atoms with Crippen LogP contribution in [0.5, 0.6) is 0 Å².